The van der Waals surface area contributed by atoms with E-state index in [1.54, 1.807) is 0 Å². The number of rotatable bonds is 7. The van der Waals surface area contributed by atoms with E-state index in [2.05, 4.69) is 22.2 Å². The molecule has 0 saturated heterocycles. The SMILES string of the molecule is CCCc1nc(SCC(=O)NC2CCCC2)[nH]c(=O)c1CC. The Hall–Kier alpha value is -1.30. The second-order valence-electron chi connectivity index (χ2n) is 5.74. The number of thioether (sulfide) groups is 1. The lowest BCUT2D eigenvalue weighted by Gasteiger charge is -2.12. The second-order valence-corrected chi connectivity index (χ2v) is 6.70. The highest BCUT2D eigenvalue weighted by molar-refractivity contribution is 7.99. The molecule has 5 nitrogen and oxygen atoms in total. The fraction of sp³-hybridized carbons (Fsp3) is 0.688. The number of nitrogens with one attached hydrogen (secondary N) is 2. The molecule has 0 atom stereocenters. The molecule has 0 aliphatic heterocycles. The Morgan fingerprint density at radius 1 is 1.36 bits per heavy atom. The van der Waals surface area contributed by atoms with Gasteiger partial charge in [-0.2, -0.15) is 0 Å². The van der Waals surface area contributed by atoms with Crippen molar-refractivity contribution in [3.05, 3.63) is 21.6 Å². The summed E-state index contributed by atoms with van der Waals surface area (Å²) >= 11 is 1.31. The van der Waals surface area contributed by atoms with Crippen molar-refractivity contribution in [3.63, 3.8) is 0 Å². The summed E-state index contributed by atoms with van der Waals surface area (Å²) in [7, 11) is 0. The number of carbonyl (C=O) groups excluding carboxylic acids is 1. The number of aryl methyl sites for hydroxylation is 1. The molecule has 0 unspecified atom stereocenters. The van der Waals surface area contributed by atoms with Crippen LogP contribution in [-0.4, -0.2) is 27.7 Å². The Labute approximate surface area is 135 Å². The summed E-state index contributed by atoms with van der Waals surface area (Å²) in [5.74, 6) is 0.326. The summed E-state index contributed by atoms with van der Waals surface area (Å²) in [5, 5.41) is 3.59. The van der Waals surface area contributed by atoms with Gasteiger partial charge in [0.15, 0.2) is 5.16 Å². The Morgan fingerprint density at radius 2 is 2.09 bits per heavy atom. The van der Waals surface area contributed by atoms with Crippen molar-refractivity contribution in [1.82, 2.24) is 15.3 Å². The van der Waals surface area contributed by atoms with Gasteiger partial charge >= 0.3 is 0 Å². The molecule has 2 rings (SSSR count). The molecule has 0 spiro atoms. The molecule has 6 heteroatoms. The number of aromatic amines is 1. The van der Waals surface area contributed by atoms with Gasteiger partial charge in [-0.25, -0.2) is 4.98 Å². The molecule has 2 N–H and O–H groups in total. The van der Waals surface area contributed by atoms with E-state index in [-0.39, 0.29) is 11.5 Å². The third kappa shape index (κ3) is 4.60. The minimum absolute atomic E-state index is 0.0242. The van der Waals surface area contributed by atoms with Crippen LogP contribution in [0.1, 0.15) is 57.2 Å². The van der Waals surface area contributed by atoms with Crippen molar-refractivity contribution in [3.8, 4) is 0 Å². The smallest absolute Gasteiger partial charge is 0.254 e. The van der Waals surface area contributed by atoms with Crippen LogP contribution >= 0.6 is 11.8 Å². The lowest BCUT2D eigenvalue weighted by Crippen LogP contribution is -2.34. The quantitative estimate of drug-likeness (QED) is 0.597. The molecule has 1 aliphatic carbocycles. The predicted molar refractivity (Wildman–Crippen MR) is 89.4 cm³/mol. The van der Waals surface area contributed by atoms with Crippen LogP contribution in [-0.2, 0) is 17.6 Å². The molecule has 1 heterocycles. The maximum Gasteiger partial charge on any atom is 0.254 e. The van der Waals surface area contributed by atoms with E-state index in [9.17, 15) is 9.59 Å². The lowest BCUT2D eigenvalue weighted by molar-refractivity contribution is -0.119. The summed E-state index contributed by atoms with van der Waals surface area (Å²) in [5.41, 5.74) is 1.56. The highest BCUT2D eigenvalue weighted by atomic mass is 32.2. The molecular weight excluding hydrogens is 298 g/mol. The van der Waals surface area contributed by atoms with Crippen LogP contribution in [0.2, 0.25) is 0 Å². The first-order chi connectivity index (χ1) is 10.6. The molecule has 1 aromatic rings. The molecule has 1 amide bonds. The van der Waals surface area contributed by atoms with Crippen LogP contribution in [0.15, 0.2) is 9.95 Å². The molecule has 0 bridgehead atoms. The highest BCUT2D eigenvalue weighted by Crippen LogP contribution is 2.18. The van der Waals surface area contributed by atoms with Crippen LogP contribution < -0.4 is 10.9 Å². The Balaban J connectivity index is 1.97. The largest absolute Gasteiger partial charge is 0.353 e. The number of H-pyrrole nitrogens is 1. The second kappa shape index (κ2) is 8.36. The van der Waals surface area contributed by atoms with Gasteiger partial charge in [0.25, 0.3) is 5.56 Å². The number of amides is 1. The van der Waals surface area contributed by atoms with Gasteiger partial charge in [-0.3, -0.25) is 9.59 Å². The normalized spacial score (nSPS) is 15.2. The average Bonchev–Trinajstić information content (AvgIpc) is 2.98. The Kier molecular flexibility index (Phi) is 6.49. The third-order valence-electron chi connectivity index (χ3n) is 3.98. The lowest BCUT2D eigenvalue weighted by atomic mass is 10.1. The average molecular weight is 323 g/mol. The van der Waals surface area contributed by atoms with E-state index in [1.165, 1.54) is 24.6 Å². The minimum Gasteiger partial charge on any atom is -0.353 e. The fourth-order valence-corrected chi connectivity index (χ4v) is 3.56. The van der Waals surface area contributed by atoms with Crippen LogP contribution in [0.4, 0.5) is 0 Å². The fourth-order valence-electron chi connectivity index (χ4n) is 2.87. The Bertz CT molecular complexity index is 565. The molecule has 22 heavy (non-hydrogen) atoms. The maximum absolute atomic E-state index is 12.1. The molecule has 0 aromatic carbocycles. The molecule has 0 radical (unpaired) electrons. The predicted octanol–water partition coefficient (Wildman–Crippen LogP) is 2.44. The highest BCUT2D eigenvalue weighted by Gasteiger charge is 2.17. The molecule has 1 fully saturated rings. The first kappa shape index (κ1) is 17.1. The molecule has 122 valence electrons. The van der Waals surface area contributed by atoms with E-state index in [4.69, 9.17) is 0 Å². The van der Waals surface area contributed by atoms with Crippen molar-refractivity contribution < 1.29 is 4.79 Å². The topological polar surface area (TPSA) is 74.8 Å². The van der Waals surface area contributed by atoms with Crippen LogP contribution in [0, 0.1) is 0 Å². The van der Waals surface area contributed by atoms with Gasteiger partial charge in [0.1, 0.15) is 0 Å². The van der Waals surface area contributed by atoms with E-state index < -0.39 is 0 Å². The van der Waals surface area contributed by atoms with Crippen molar-refractivity contribution in [2.45, 2.75) is 70.0 Å². The zero-order chi connectivity index (χ0) is 15.9. The van der Waals surface area contributed by atoms with Gasteiger partial charge in [0.05, 0.1) is 11.4 Å². The summed E-state index contributed by atoms with van der Waals surface area (Å²) in [6, 6.07) is 0.332. The van der Waals surface area contributed by atoms with Crippen LogP contribution in [0.25, 0.3) is 0 Å². The molecule has 1 saturated carbocycles. The van der Waals surface area contributed by atoms with Crippen molar-refractivity contribution in [2.75, 3.05) is 5.75 Å². The number of aromatic nitrogens is 2. The minimum atomic E-state index is -0.0698. The van der Waals surface area contributed by atoms with Gasteiger partial charge in [-0.05, 0) is 25.7 Å². The number of carbonyl (C=O) groups is 1. The summed E-state index contributed by atoms with van der Waals surface area (Å²) < 4.78 is 0. The zero-order valence-electron chi connectivity index (χ0n) is 13.4. The monoisotopic (exact) mass is 323 g/mol. The van der Waals surface area contributed by atoms with Gasteiger partial charge in [-0.1, -0.05) is 44.9 Å². The van der Waals surface area contributed by atoms with Gasteiger partial charge in [0, 0.05) is 11.6 Å². The van der Waals surface area contributed by atoms with Gasteiger partial charge in [-0.15, -0.1) is 0 Å². The molecule has 1 aliphatic rings. The Morgan fingerprint density at radius 3 is 2.73 bits per heavy atom. The van der Waals surface area contributed by atoms with Crippen LogP contribution in [0.5, 0.6) is 0 Å². The van der Waals surface area contributed by atoms with Gasteiger partial charge < -0.3 is 10.3 Å². The van der Waals surface area contributed by atoms with Gasteiger partial charge in [0.2, 0.25) is 5.91 Å². The first-order valence-corrected chi connectivity index (χ1v) is 9.16. The summed E-state index contributed by atoms with van der Waals surface area (Å²) in [6.07, 6.45) is 7.00. The molecule has 1 aromatic heterocycles. The number of hydrogen-bond acceptors (Lipinski definition) is 4. The first-order valence-electron chi connectivity index (χ1n) is 8.18. The van der Waals surface area contributed by atoms with Crippen molar-refractivity contribution in [2.24, 2.45) is 0 Å². The van der Waals surface area contributed by atoms with Crippen molar-refractivity contribution >= 4 is 17.7 Å². The van der Waals surface area contributed by atoms with Crippen molar-refractivity contribution in [1.29, 1.82) is 0 Å². The standard InChI is InChI=1S/C16H25N3O2S/c1-3-7-13-12(4-2)15(21)19-16(18-13)22-10-14(20)17-11-8-5-6-9-11/h11H,3-10H2,1-2H3,(H,17,20)(H,18,19,21). The third-order valence-corrected chi connectivity index (χ3v) is 4.85. The number of nitrogens with zero attached hydrogens (tertiary/aromatic N) is 1. The van der Waals surface area contributed by atoms with E-state index in [0.717, 1.165) is 36.9 Å². The summed E-state index contributed by atoms with van der Waals surface area (Å²) in [4.78, 5) is 31.3. The van der Waals surface area contributed by atoms with E-state index in [0.29, 0.717) is 23.4 Å². The van der Waals surface area contributed by atoms with E-state index in [1.807, 2.05) is 6.92 Å². The van der Waals surface area contributed by atoms with Crippen LogP contribution in [0.3, 0.4) is 0 Å². The maximum atomic E-state index is 12.1. The summed E-state index contributed by atoms with van der Waals surface area (Å²) in [6.45, 7) is 4.04. The number of hydrogen-bond donors (Lipinski definition) is 2. The molecular formula is C16H25N3O2S. The van der Waals surface area contributed by atoms with E-state index >= 15 is 0 Å². The zero-order valence-corrected chi connectivity index (χ0v) is 14.2.